The predicted octanol–water partition coefficient (Wildman–Crippen LogP) is 2.11. The van der Waals surface area contributed by atoms with Gasteiger partial charge in [-0.25, -0.2) is 0 Å². The molecule has 0 aliphatic heterocycles. The zero-order valence-electron chi connectivity index (χ0n) is 7.92. The lowest BCUT2D eigenvalue weighted by Gasteiger charge is -2.01. The fourth-order valence-corrected chi connectivity index (χ4v) is 1.22. The van der Waals surface area contributed by atoms with Gasteiger partial charge in [0.25, 0.3) is 0 Å². The number of nitrogens with zero attached hydrogens (tertiary/aromatic N) is 2. The lowest BCUT2D eigenvalue weighted by Crippen LogP contribution is -1.87. The minimum atomic E-state index is 0.542. The molecule has 0 N–H and O–H groups in total. The van der Waals surface area contributed by atoms with Crippen LogP contribution in [0.25, 0.3) is 11.3 Å². The third-order valence-corrected chi connectivity index (χ3v) is 1.85. The van der Waals surface area contributed by atoms with Gasteiger partial charge in [-0.3, -0.25) is 9.97 Å². The molecule has 0 fully saturated rings. The van der Waals surface area contributed by atoms with E-state index in [-0.39, 0.29) is 0 Å². The van der Waals surface area contributed by atoms with Crippen molar-refractivity contribution < 1.29 is 4.74 Å². The summed E-state index contributed by atoms with van der Waals surface area (Å²) < 4.78 is 4.91. The molecule has 2 aromatic rings. The van der Waals surface area contributed by atoms with E-state index in [4.69, 9.17) is 11.2 Å². The van der Waals surface area contributed by atoms with Crippen molar-refractivity contribution in [3.63, 3.8) is 0 Å². The van der Waals surface area contributed by atoms with E-state index in [0.29, 0.717) is 5.75 Å². The van der Waals surface area contributed by atoms with Gasteiger partial charge in [0.05, 0.1) is 11.9 Å². The molecule has 0 atom stereocenters. The van der Waals surface area contributed by atoms with E-state index in [0.717, 1.165) is 11.3 Å². The summed E-state index contributed by atoms with van der Waals surface area (Å²) in [6.45, 7) is 0. The molecular formula is C12H8N2O. The largest absolute Gasteiger partial charge is 0.406 e. The zero-order valence-corrected chi connectivity index (χ0v) is 7.92. The first kappa shape index (κ1) is 9.22. The highest BCUT2D eigenvalue weighted by Gasteiger charge is 2.00. The molecule has 0 aliphatic carbocycles. The van der Waals surface area contributed by atoms with Crippen LogP contribution in [0.2, 0.25) is 0 Å². The Kier molecular flexibility index (Phi) is 2.61. The molecule has 0 bridgehead atoms. The Morgan fingerprint density at radius 1 is 1.27 bits per heavy atom. The molecule has 2 rings (SSSR count). The average Bonchev–Trinajstić information content (AvgIpc) is 2.31. The number of ether oxygens (including phenoxy) is 1. The molecule has 2 aromatic heterocycles. The molecule has 72 valence electrons. The van der Waals surface area contributed by atoms with Crippen LogP contribution in [0, 0.1) is 12.5 Å². The maximum atomic E-state index is 5.03. The van der Waals surface area contributed by atoms with Crippen LogP contribution in [-0.2, 0) is 0 Å². The standard InChI is InChI=1S/C12H8N2O/c1-2-15-11-7-10(8-13-9-11)12-5-3-4-6-14-12/h1,3-9H. The van der Waals surface area contributed by atoms with E-state index in [2.05, 4.69) is 16.1 Å². The molecule has 15 heavy (non-hydrogen) atoms. The summed E-state index contributed by atoms with van der Waals surface area (Å²) in [5, 5.41) is 0. The number of terminal acetylenes is 1. The van der Waals surface area contributed by atoms with Crippen LogP contribution in [0.4, 0.5) is 0 Å². The van der Waals surface area contributed by atoms with Crippen molar-refractivity contribution in [2.45, 2.75) is 0 Å². The van der Waals surface area contributed by atoms with E-state index in [1.165, 1.54) is 0 Å². The molecule has 0 saturated heterocycles. The number of hydrogen-bond donors (Lipinski definition) is 0. The van der Waals surface area contributed by atoms with Crippen molar-refractivity contribution in [3.05, 3.63) is 42.9 Å². The van der Waals surface area contributed by atoms with Crippen molar-refractivity contribution in [3.8, 4) is 29.5 Å². The second kappa shape index (κ2) is 4.25. The first-order valence-electron chi connectivity index (χ1n) is 4.39. The molecule has 0 amide bonds. The van der Waals surface area contributed by atoms with Crippen molar-refractivity contribution in [2.75, 3.05) is 0 Å². The van der Waals surface area contributed by atoms with Crippen molar-refractivity contribution >= 4 is 0 Å². The second-order valence-electron chi connectivity index (χ2n) is 2.84. The number of aromatic nitrogens is 2. The molecular weight excluding hydrogens is 188 g/mol. The first-order valence-corrected chi connectivity index (χ1v) is 4.39. The fraction of sp³-hybridized carbons (Fsp3) is 0. The summed E-state index contributed by atoms with van der Waals surface area (Å²) in [5.74, 6) is 0.542. The lowest BCUT2D eigenvalue weighted by atomic mass is 10.2. The molecule has 0 aliphatic rings. The highest BCUT2D eigenvalue weighted by atomic mass is 16.5. The van der Waals surface area contributed by atoms with E-state index in [1.807, 2.05) is 18.2 Å². The Balaban J connectivity index is 2.38. The second-order valence-corrected chi connectivity index (χ2v) is 2.84. The minimum Gasteiger partial charge on any atom is -0.406 e. The van der Waals surface area contributed by atoms with Gasteiger partial charge >= 0.3 is 0 Å². The van der Waals surface area contributed by atoms with Crippen molar-refractivity contribution in [2.24, 2.45) is 0 Å². The van der Waals surface area contributed by atoms with Crippen LogP contribution < -0.4 is 4.74 Å². The molecule has 0 unspecified atom stereocenters. The van der Waals surface area contributed by atoms with Crippen molar-refractivity contribution in [1.29, 1.82) is 0 Å². The smallest absolute Gasteiger partial charge is 0.159 e. The summed E-state index contributed by atoms with van der Waals surface area (Å²) in [7, 11) is 0. The highest BCUT2D eigenvalue weighted by molar-refractivity contribution is 5.59. The highest BCUT2D eigenvalue weighted by Crippen LogP contribution is 2.19. The number of pyridine rings is 2. The zero-order chi connectivity index (χ0) is 10.5. The normalized spacial score (nSPS) is 9.27. The van der Waals surface area contributed by atoms with Gasteiger partial charge in [-0.1, -0.05) is 12.5 Å². The van der Waals surface area contributed by atoms with Gasteiger partial charge in [-0.15, -0.1) is 0 Å². The third kappa shape index (κ3) is 2.12. The van der Waals surface area contributed by atoms with Crippen LogP contribution in [0.3, 0.4) is 0 Å². The van der Waals surface area contributed by atoms with Crippen molar-refractivity contribution in [1.82, 2.24) is 9.97 Å². The lowest BCUT2D eigenvalue weighted by molar-refractivity contribution is 0.518. The molecule has 2 heterocycles. The van der Waals surface area contributed by atoms with Gasteiger partial charge in [-0.2, -0.15) is 0 Å². The summed E-state index contributed by atoms with van der Waals surface area (Å²) >= 11 is 0. The summed E-state index contributed by atoms with van der Waals surface area (Å²) in [6.07, 6.45) is 12.1. The van der Waals surface area contributed by atoms with Crippen LogP contribution in [0.1, 0.15) is 0 Å². The Labute approximate surface area is 87.8 Å². The number of hydrogen-bond acceptors (Lipinski definition) is 3. The van der Waals surface area contributed by atoms with E-state index < -0.39 is 0 Å². The predicted molar refractivity (Wildman–Crippen MR) is 56.9 cm³/mol. The number of rotatable bonds is 2. The maximum Gasteiger partial charge on any atom is 0.159 e. The topological polar surface area (TPSA) is 35.0 Å². The Morgan fingerprint density at radius 2 is 2.20 bits per heavy atom. The Morgan fingerprint density at radius 3 is 2.93 bits per heavy atom. The van der Waals surface area contributed by atoms with Gasteiger partial charge < -0.3 is 4.74 Å². The SMILES string of the molecule is C#COc1cncc(-c2ccccn2)c1. The van der Waals surface area contributed by atoms with E-state index in [1.54, 1.807) is 24.7 Å². The summed E-state index contributed by atoms with van der Waals surface area (Å²) in [5.41, 5.74) is 1.72. The monoisotopic (exact) mass is 196 g/mol. The van der Waals surface area contributed by atoms with Crippen LogP contribution >= 0.6 is 0 Å². The molecule has 0 radical (unpaired) electrons. The van der Waals surface area contributed by atoms with E-state index >= 15 is 0 Å². The first-order chi connectivity index (χ1) is 7.40. The summed E-state index contributed by atoms with van der Waals surface area (Å²) in [4.78, 5) is 8.22. The molecule has 3 nitrogen and oxygen atoms in total. The third-order valence-electron chi connectivity index (χ3n) is 1.85. The van der Waals surface area contributed by atoms with Gasteiger partial charge in [-0.05, 0) is 18.2 Å². The van der Waals surface area contributed by atoms with E-state index in [9.17, 15) is 0 Å². The molecule has 0 saturated carbocycles. The molecule has 0 aromatic carbocycles. The van der Waals surface area contributed by atoms with Gasteiger partial charge in [0.2, 0.25) is 0 Å². The van der Waals surface area contributed by atoms with Gasteiger partial charge in [0, 0.05) is 18.0 Å². The summed E-state index contributed by atoms with van der Waals surface area (Å²) in [6, 6.07) is 7.47. The molecule has 3 heteroatoms. The Bertz CT molecular complexity index is 488. The fourth-order valence-electron chi connectivity index (χ4n) is 1.22. The minimum absolute atomic E-state index is 0.542. The Hall–Kier alpha value is -2.34. The maximum absolute atomic E-state index is 5.03. The molecule has 0 spiro atoms. The van der Waals surface area contributed by atoms with Crippen LogP contribution in [-0.4, -0.2) is 9.97 Å². The van der Waals surface area contributed by atoms with Gasteiger partial charge in [0.15, 0.2) is 5.75 Å². The van der Waals surface area contributed by atoms with Crippen LogP contribution in [0.5, 0.6) is 5.75 Å². The quantitative estimate of drug-likeness (QED) is 0.690. The van der Waals surface area contributed by atoms with Gasteiger partial charge in [0.1, 0.15) is 6.11 Å². The average molecular weight is 196 g/mol. The van der Waals surface area contributed by atoms with Crippen LogP contribution in [0.15, 0.2) is 42.9 Å².